The fourth-order valence-corrected chi connectivity index (χ4v) is 3.22. The molecule has 0 aromatic carbocycles. The summed E-state index contributed by atoms with van der Waals surface area (Å²) in [5.41, 5.74) is 4.98. The molecule has 118 valence electrons. The standard InChI is InChI=1S/C16H33N3O/c1-4-7-14-8-6-11-19(12-9-14)13-10-16(3,15(17)20)18-5-2/h14,18H,4-13H2,1-3H3,(H2,17,20). The minimum Gasteiger partial charge on any atom is -0.368 e. The average Bonchev–Trinajstić information content (AvgIpc) is 2.63. The molecule has 0 aromatic heterocycles. The molecule has 1 aliphatic heterocycles. The summed E-state index contributed by atoms with van der Waals surface area (Å²) < 4.78 is 0. The molecule has 1 rings (SSSR count). The number of likely N-dealkylation sites (tertiary alicyclic amines) is 1. The molecule has 1 fully saturated rings. The topological polar surface area (TPSA) is 58.4 Å². The van der Waals surface area contributed by atoms with E-state index in [-0.39, 0.29) is 5.91 Å². The summed E-state index contributed by atoms with van der Waals surface area (Å²) in [5.74, 6) is 0.666. The molecule has 2 atom stereocenters. The Morgan fingerprint density at radius 3 is 2.70 bits per heavy atom. The molecule has 0 saturated carbocycles. The van der Waals surface area contributed by atoms with E-state index < -0.39 is 5.54 Å². The second-order valence-corrected chi connectivity index (χ2v) is 6.40. The van der Waals surface area contributed by atoms with Crippen LogP contribution in [0.2, 0.25) is 0 Å². The van der Waals surface area contributed by atoms with Crippen molar-refractivity contribution in [1.29, 1.82) is 0 Å². The lowest BCUT2D eigenvalue weighted by atomic mass is 9.95. The van der Waals surface area contributed by atoms with Crippen LogP contribution in [0.5, 0.6) is 0 Å². The van der Waals surface area contributed by atoms with Gasteiger partial charge in [0.15, 0.2) is 0 Å². The number of nitrogens with zero attached hydrogens (tertiary/aromatic N) is 1. The van der Waals surface area contributed by atoms with Gasteiger partial charge in [-0.25, -0.2) is 0 Å². The maximum Gasteiger partial charge on any atom is 0.237 e. The van der Waals surface area contributed by atoms with Crippen molar-refractivity contribution in [2.24, 2.45) is 11.7 Å². The first-order valence-corrected chi connectivity index (χ1v) is 8.29. The van der Waals surface area contributed by atoms with Gasteiger partial charge in [-0.15, -0.1) is 0 Å². The van der Waals surface area contributed by atoms with E-state index >= 15 is 0 Å². The Kier molecular flexibility index (Phi) is 7.52. The Morgan fingerprint density at radius 2 is 2.10 bits per heavy atom. The van der Waals surface area contributed by atoms with Gasteiger partial charge in [0, 0.05) is 6.54 Å². The fourth-order valence-electron chi connectivity index (χ4n) is 3.22. The van der Waals surface area contributed by atoms with Crippen LogP contribution in [0, 0.1) is 5.92 Å². The van der Waals surface area contributed by atoms with Gasteiger partial charge in [0.05, 0.1) is 5.54 Å². The van der Waals surface area contributed by atoms with Gasteiger partial charge in [0.25, 0.3) is 0 Å². The summed E-state index contributed by atoms with van der Waals surface area (Å²) in [4.78, 5) is 14.1. The van der Waals surface area contributed by atoms with Crippen LogP contribution in [-0.4, -0.2) is 42.5 Å². The Balaban J connectivity index is 2.42. The second kappa shape index (κ2) is 8.63. The summed E-state index contributed by atoms with van der Waals surface area (Å²) in [7, 11) is 0. The molecule has 3 N–H and O–H groups in total. The third kappa shape index (κ3) is 5.41. The Bertz CT molecular complexity index is 295. The molecular formula is C16H33N3O. The third-order valence-electron chi connectivity index (χ3n) is 4.68. The highest BCUT2D eigenvalue weighted by molar-refractivity contribution is 5.84. The summed E-state index contributed by atoms with van der Waals surface area (Å²) in [6.07, 6.45) is 7.43. The highest BCUT2D eigenvalue weighted by Crippen LogP contribution is 2.22. The first-order chi connectivity index (χ1) is 9.51. The number of carbonyl (C=O) groups is 1. The predicted molar refractivity (Wildman–Crippen MR) is 84.6 cm³/mol. The van der Waals surface area contributed by atoms with E-state index in [4.69, 9.17) is 5.73 Å². The number of nitrogens with two attached hydrogens (primary N) is 1. The lowest BCUT2D eigenvalue weighted by Crippen LogP contribution is -2.54. The van der Waals surface area contributed by atoms with Gasteiger partial charge in [0.1, 0.15) is 0 Å². The molecule has 0 aliphatic carbocycles. The van der Waals surface area contributed by atoms with Crippen molar-refractivity contribution in [1.82, 2.24) is 10.2 Å². The lowest BCUT2D eigenvalue weighted by Gasteiger charge is -2.30. The molecule has 0 spiro atoms. The molecule has 20 heavy (non-hydrogen) atoms. The quantitative estimate of drug-likeness (QED) is 0.717. The van der Waals surface area contributed by atoms with E-state index in [9.17, 15) is 4.79 Å². The van der Waals surface area contributed by atoms with Crippen LogP contribution in [0.25, 0.3) is 0 Å². The monoisotopic (exact) mass is 283 g/mol. The summed E-state index contributed by atoms with van der Waals surface area (Å²) in [6, 6.07) is 0. The summed E-state index contributed by atoms with van der Waals surface area (Å²) >= 11 is 0. The SMILES string of the molecule is CCCC1CCCN(CCC(C)(NCC)C(N)=O)CC1. The van der Waals surface area contributed by atoms with Crippen molar-refractivity contribution in [3.63, 3.8) is 0 Å². The van der Waals surface area contributed by atoms with Crippen LogP contribution in [0.3, 0.4) is 0 Å². The molecule has 0 aromatic rings. The number of rotatable bonds is 8. The minimum atomic E-state index is -0.566. The number of nitrogens with one attached hydrogen (secondary N) is 1. The minimum absolute atomic E-state index is 0.238. The largest absolute Gasteiger partial charge is 0.368 e. The normalized spacial score (nSPS) is 24.1. The van der Waals surface area contributed by atoms with Gasteiger partial charge < -0.3 is 16.0 Å². The zero-order chi connectivity index (χ0) is 15.0. The van der Waals surface area contributed by atoms with Gasteiger partial charge >= 0.3 is 0 Å². The second-order valence-electron chi connectivity index (χ2n) is 6.40. The molecule has 0 radical (unpaired) electrons. The van der Waals surface area contributed by atoms with Gasteiger partial charge in [-0.2, -0.15) is 0 Å². The van der Waals surface area contributed by atoms with Crippen molar-refractivity contribution < 1.29 is 4.79 Å². The zero-order valence-corrected chi connectivity index (χ0v) is 13.6. The first kappa shape index (κ1) is 17.4. The van der Waals surface area contributed by atoms with E-state index in [1.807, 2.05) is 13.8 Å². The molecule has 1 amide bonds. The van der Waals surface area contributed by atoms with Crippen molar-refractivity contribution in [2.75, 3.05) is 26.2 Å². The Hall–Kier alpha value is -0.610. The number of carbonyl (C=O) groups excluding carboxylic acids is 1. The van der Waals surface area contributed by atoms with Crippen LogP contribution < -0.4 is 11.1 Å². The van der Waals surface area contributed by atoms with E-state index in [1.54, 1.807) is 0 Å². The lowest BCUT2D eigenvalue weighted by molar-refractivity contribution is -0.124. The van der Waals surface area contributed by atoms with E-state index in [1.165, 1.54) is 45.2 Å². The number of likely N-dealkylation sites (N-methyl/N-ethyl adjacent to an activating group) is 1. The van der Waals surface area contributed by atoms with Crippen LogP contribution in [-0.2, 0) is 4.79 Å². The van der Waals surface area contributed by atoms with Crippen LogP contribution in [0.15, 0.2) is 0 Å². The number of hydrogen-bond donors (Lipinski definition) is 2. The van der Waals surface area contributed by atoms with Gasteiger partial charge in [-0.05, 0) is 58.2 Å². The third-order valence-corrected chi connectivity index (χ3v) is 4.68. The van der Waals surface area contributed by atoms with Crippen molar-refractivity contribution in [3.05, 3.63) is 0 Å². The van der Waals surface area contributed by atoms with Crippen molar-refractivity contribution in [3.8, 4) is 0 Å². The van der Waals surface area contributed by atoms with E-state index in [0.717, 1.165) is 25.4 Å². The maximum absolute atomic E-state index is 11.6. The van der Waals surface area contributed by atoms with Gasteiger partial charge in [-0.1, -0.05) is 26.7 Å². The highest BCUT2D eigenvalue weighted by Gasteiger charge is 2.30. The highest BCUT2D eigenvalue weighted by atomic mass is 16.1. The molecule has 2 unspecified atom stereocenters. The van der Waals surface area contributed by atoms with Gasteiger partial charge in [-0.3, -0.25) is 4.79 Å². The van der Waals surface area contributed by atoms with E-state index in [2.05, 4.69) is 17.1 Å². The zero-order valence-electron chi connectivity index (χ0n) is 13.6. The maximum atomic E-state index is 11.6. The fraction of sp³-hybridized carbons (Fsp3) is 0.938. The van der Waals surface area contributed by atoms with Crippen molar-refractivity contribution in [2.45, 2.75) is 64.8 Å². The Labute approximate surface area is 124 Å². The smallest absolute Gasteiger partial charge is 0.237 e. The van der Waals surface area contributed by atoms with Crippen LogP contribution >= 0.6 is 0 Å². The number of amides is 1. The average molecular weight is 283 g/mol. The van der Waals surface area contributed by atoms with Crippen LogP contribution in [0.4, 0.5) is 0 Å². The molecule has 4 heteroatoms. The molecule has 4 nitrogen and oxygen atoms in total. The number of primary amides is 1. The van der Waals surface area contributed by atoms with Crippen molar-refractivity contribution >= 4 is 5.91 Å². The van der Waals surface area contributed by atoms with E-state index in [0.29, 0.717) is 0 Å². The molecule has 1 heterocycles. The molecule has 0 bridgehead atoms. The Morgan fingerprint density at radius 1 is 1.35 bits per heavy atom. The molecular weight excluding hydrogens is 250 g/mol. The number of hydrogen-bond acceptors (Lipinski definition) is 3. The predicted octanol–water partition coefficient (Wildman–Crippen LogP) is 2.13. The first-order valence-electron chi connectivity index (χ1n) is 8.29. The van der Waals surface area contributed by atoms with Crippen LogP contribution in [0.1, 0.15) is 59.3 Å². The summed E-state index contributed by atoms with van der Waals surface area (Å²) in [5, 5.41) is 3.24. The molecule has 1 saturated heterocycles. The van der Waals surface area contributed by atoms with Gasteiger partial charge in [0.2, 0.25) is 5.91 Å². The molecule has 1 aliphatic rings. The summed E-state index contributed by atoms with van der Waals surface area (Å²) in [6.45, 7) is 10.3.